The molecular formula is C31H27F9N4O3S. The van der Waals surface area contributed by atoms with E-state index in [9.17, 15) is 44.3 Å². The lowest BCUT2D eigenvalue weighted by atomic mass is 10.0. The van der Waals surface area contributed by atoms with Crippen LogP contribution < -0.4 is 10.1 Å². The molecule has 3 aromatic carbocycles. The second-order valence-corrected chi connectivity index (χ2v) is 11.9. The first-order chi connectivity index (χ1) is 22.6. The van der Waals surface area contributed by atoms with Crippen LogP contribution >= 0.6 is 11.8 Å². The minimum atomic E-state index is -5.24. The molecule has 5 rings (SSSR count). The molecule has 1 aliphatic heterocycles. The molecule has 0 aliphatic carbocycles. The quantitative estimate of drug-likeness (QED) is 0.133. The summed E-state index contributed by atoms with van der Waals surface area (Å²) >= 11 is 1.12. The zero-order chi connectivity index (χ0) is 34.7. The van der Waals surface area contributed by atoms with Gasteiger partial charge in [0.2, 0.25) is 5.91 Å². The van der Waals surface area contributed by atoms with Crippen LogP contribution in [0.5, 0.6) is 5.75 Å². The van der Waals surface area contributed by atoms with Gasteiger partial charge in [0.15, 0.2) is 5.58 Å². The zero-order valence-corrected chi connectivity index (χ0v) is 25.6. The highest BCUT2D eigenvalue weighted by Gasteiger charge is 2.42. The Labute approximate surface area is 272 Å². The average molecular weight is 707 g/mol. The summed E-state index contributed by atoms with van der Waals surface area (Å²) in [6, 6.07) is 12.6. The maximum atomic E-state index is 14.0. The van der Waals surface area contributed by atoms with E-state index < -0.39 is 59.1 Å². The predicted octanol–water partition coefficient (Wildman–Crippen LogP) is 7.81. The lowest BCUT2D eigenvalue weighted by Crippen LogP contribution is -2.49. The molecule has 1 saturated heterocycles. The summed E-state index contributed by atoms with van der Waals surface area (Å²) < 4.78 is 134. The number of hydrogen-bond donors (Lipinski definition) is 1. The summed E-state index contributed by atoms with van der Waals surface area (Å²) in [5.74, 6) is -1.30. The number of ether oxygens (including phenoxy) is 1. The first kappa shape index (κ1) is 35.3. The van der Waals surface area contributed by atoms with Crippen LogP contribution in [0.2, 0.25) is 0 Å². The van der Waals surface area contributed by atoms with Crippen LogP contribution in [0.1, 0.15) is 22.3 Å². The number of fused-ring (bicyclic) bond motifs is 1. The fourth-order valence-corrected chi connectivity index (χ4v) is 5.88. The maximum absolute atomic E-state index is 14.0. The molecule has 1 N–H and O–H groups in total. The molecule has 0 saturated carbocycles. The van der Waals surface area contributed by atoms with Gasteiger partial charge in [-0.1, -0.05) is 48.2 Å². The number of carbonyl (C=O) groups is 1. The number of benzene rings is 3. The molecule has 17 heteroatoms. The number of aromatic nitrogens is 1. The monoisotopic (exact) mass is 706 g/mol. The molecule has 0 atom stereocenters. The number of hydrogen-bond acceptors (Lipinski definition) is 7. The number of alkyl halides is 9. The Kier molecular flexibility index (Phi) is 10.5. The van der Waals surface area contributed by atoms with Crippen molar-refractivity contribution >= 4 is 34.5 Å². The van der Waals surface area contributed by atoms with Crippen molar-refractivity contribution in [3.05, 3.63) is 82.9 Å². The van der Waals surface area contributed by atoms with Gasteiger partial charge in [-0.3, -0.25) is 14.6 Å². The van der Waals surface area contributed by atoms with Crippen molar-refractivity contribution in [2.75, 3.05) is 50.3 Å². The van der Waals surface area contributed by atoms with Crippen molar-refractivity contribution in [3.63, 3.8) is 0 Å². The van der Waals surface area contributed by atoms with Crippen LogP contribution in [-0.2, 0) is 29.9 Å². The third kappa shape index (κ3) is 8.93. The van der Waals surface area contributed by atoms with Crippen LogP contribution in [0.3, 0.4) is 0 Å². The zero-order valence-electron chi connectivity index (χ0n) is 24.8. The van der Waals surface area contributed by atoms with Crippen molar-refractivity contribution in [1.82, 2.24) is 14.8 Å². The second-order valence-electron chi connectivity index (χ2n) is 10.8. The Bertz CT molecular complexity index is 1680. The average Bonchev–Trinajstić information content (AvgIpc) is 3.43. The first-order valence-corrected chi connectivity index (χ1v) is 15.4. The molecule has 7 nitrogen and oxygen atoms in total. The summed E-state index contributed by atoms with van der Waals surface area (Å²) in [5.41, 5.74) is -5.44. The molecule has 4 aromatic rings. The molecule has 48 heavy (non-hydrogen) atoms. The molecule has 1 fully saturated rings. The molecular weight excluding hydrogens is 679 g/mol. The Morgan fingerprint density at radius 3 is 2.02 bits per heavy atom. The molecule has 0 bridgehead atoms. The third-order valence-corrected chi connectivity index (χ3v) is 8.21. The lowest BCUT2D eigenvalue weighted by Gasteiger charge is -2.34. The Morgan fingerprint density at radius 1 is 0.812 bits per heavy atom. The van der Waals surface area contributed by atoms with Crippen molar-refractivity contribution < 1.29 is 53.5 Å². The molecule has 1 amide bonds. The van der Waals surface area contributed by atoms with Gasteiger partial charge in [-0.15, -0.1) is 0 Å². The molecule has 2 heterocycles. The number of thioether (sulfide) groups is 1. The predicted molar refractivity (Wildman–Crippen MR) is 158 cm³/mol. The fourth-order valence-electron chi connectivity index (χ4n) is 5.05. The summed E-state index contributed by atoms with van der Waals surface area (Å²) in [6.07, 6.45) is -15.1. The van der Waals surface area contributed by atoms with E-state index in [-0.39, 0.29) is 22.9 Å². The maximum Gasteiger partial charge on any atom is 0.420 e. The van der Waals surface area contributed by atoms with Gasteiger partial charge in [0.25, 0.3) is 5.22 Å². The minimum Gasteiger partial charge on any atom is -0.489 e. The van der Waals surface area contributed by atoms with Gasteiger partial charge in [-0.2, -0.15) is 39.5 Å². The molecule has 0 spiro atoms. The van der Waals surface area contributed by atoms with Crippen LogP contribution in [0.4, 0.5) is 45.2 Å². The number of para-hydroxylation sites is 1. The summed E-state index contributed by atoms with van der Waals surface area (Å²) in [4.78, 5) is 20.5. The lowest BCUT2D eigenvalue weighted by molar-refractivity contribution is -0.142. The topological polar surface area (TPSA) is 70.8 Å². The van der Waals surface area contributed by atoms with E-state index in [2.05, 4.69) is 4.98 Å². The number of nitrogens with zero attached hydrogens (tertiary/aromatic N) is 3. The molecule has 1 aliphatic rings. The van der Waals surface area contributed by atoms with E-state index in [0.717, 1.165) is 17.8 Å². The van der Waals surface area contributed by atoms with Gasteiger partial charge in [0.05, 0.1) is 23.4 Å². The van der Waals surface area contributed by atoms with Crippen LogP contribution in [-0.4, -0.2) is 65.7 Å². The van der Waals surface area contributed by atoms with E-state index in [1.54, 1.807) is 35.2 Å². The number of piperazine rings is 1. The van der Waals surface area contributed by atoms with Crippen LogP contribution in [0.15, 0.2) is 70.3 Å². The number of nitrogens with one attached hydrogen (secondary N) is 1. The smallest absolute Gasteiger partial charge is 0.420 e. The van der Waals surface area contributed by atoms with E-state index in [4.69, 9.17) is 9.15 Å². The first-order valence-electron chi connectivity index (χ1n) is 14.4. The fraction of sp³-hybridized carbons (Fsp3) is 0.355. The van der Waals surface area contributed by atoms with Gasteiger partial charge in [0.1, 0.15) is 23.4 Å². The normalized spacial score (nSPS) is 15.2. The Balaban J connectivity index is 1.17. The van der Waals surface area contributed by atoms with Gasteiger partial charge < -0.3 is 14.5 Å². The SMILES string of the molecule is O=C(CN1CCN(CCSc2nc3cccc(C(F)(F)F)c3o2)CC1)Nc1c(C(F)(F)F)cc(OCc2ccccc2)cc1C(F)(F)F. The Hall–Kier alpha value is -3.96. The van der Waals surface area contributed by atoms with E-state index in [0.29, 0.717) is 56.2 Å². The number of oxazole rings is 1. The highest BCUT2D eigenvalue weighted by Crippen LogP contribution is 2.45. The van der Waals surface area contributed by atoms with Crippen LogP contribution in [0, 0.1) is 0 Å². The summed E-state index contributed by atoms with van der Waals surface area (Å²) in [6.45, 7) is 1.20. The number of rotatable bonds is 10. The highest BCUT2D eigenvalue weighted by molar-refractivity contribution is 7.99. The number of amides is 1. The second kappa shape index (κ2) is 14.3. The number of anilines is 1. The van der Waals surface area contributed by atoms with E-state index in [1.165, 1.54) is 12.1 Å². The van der Waals surface area contributed by atoms with Crippen molar-refractivity contribution in [1.29, 1.82) is 0 Å². The summed E-state index contributed by atoms with van der Waals surface area (Å²) in [7, 11) is 0. The minimum absolute atomic E-state index is 0.0734. The van der Waals surface area contributed by atoms with Crippen molar-refractivity contribution in [3.8, 4) is 5.75 Å². The molecule has 1 aromatic heterocycles. The molecule has 258 valence electrons. The summed E-state index contributed by atoms with van der Waals surface area (Å²) in [5, 5.41) is 1.92. The van der Waals surface area contributed by atoms with Crippen molar-refractivity contribution in [2.45, 2.75) is 30.4 Å². The number of halogens is 9. The molecule has 0 radical (unpaired) electrons. The van der Waals surface area contributed by atoms with Gasteiger partial charge in [0, 0.05) is 38.5 Å². The van der Waals surface area contributed by atoms with E-state index >= 15 is 0 Å². The highest BCUT2D eigenvalue weighted by atomic mass is 32.2. The van der Waals surface area contributed by atoms with E-state index in [1.807, 2.05) is 10.2 Å². The van der Waals surface area contributed by atoms with Gasteiger partial charge in [-0.25, -0.2) is 4.98 Å². The molecule has 0 unspecified atom stereocenters. The largest absolute Gasteiger partial charge is 0.489 e. The Morgan fingerprint density at radius 2 is 1.42 bits per heavy atom. The van der Waals surface area contributed by atoms with Gasteiger partial charge in [-0.05, 0) is 29.8 Å². The van der Waals surface area contributed by atoms with Gasteiger partial charge >= 0.3 is 18.5 Å². The number of carbonyl (C=O) groups excluding carboxylic acids is 1. The third-order valence-electron chi connectivity index (χ3n) is 7.40. The standard InChI is InChI=1S/C31H27F9N4O3S/c32-29(33,34)21-7-4-8-24-27(21)47-28(41-24)48-14-13-43-9-11-44(12-10-43)17-25(45)42-26-22(30(35,36)37)15-20(16-23(26)31(38,39)40)46-18-19-5-2-1-3-6-19/h1-8,15-16H,9-14,17-18H2,(H,42,45). The van der Waals surface area contributed by atoms with Crippen molar-refractivity contribution in [2.24, 2.45) is 0 Å². The van der Waals surface area contributed by atoms with Crippen LogP contribution in [0.25, 0.3) is 11.1 Å².